The third kappa shape index (κ3) is 6.84. The van der Waals surface area contributed by atoms with Crippen molar-refractivity contribution >= 4 is 17.8 Å². The van der Waals surface area contributed by atoms with Crippen molar-refractivity contribution in [3.05, 3.63) is 47.3 Å². The second-order valence-electron chi connectivity index (χ2n) is 8.08. The van der Waals surface area contributed by atoms with E-state index in [1.807, 2.05) is 12.4 Å². The van der Waals surface area contributed by atoms with Gasteiger partial charge in [-0.2, -0.15) is 0 Å². The first kappa shape index (κ1) is 24.3. The summed E-state index contributed by atoms with van der Waals surface area (Å²) in [5, 5.41) is 2.06. The predicted molar refractivity (Wildman–Crippen MR) is 119 cm³/mol. The summed E-state index contributed by atoms with van der Waals surface area (Å²) in [6, 6.07) is 1.93. The van der Waals surface area contributed by atoms with Crippen LogP contribution in [0.1, 0.15) is 48.5 Å². The largest absolute Gasteiger partial charge is 0.493 e. The maximum absolute atomic E-state index is 14.2. The lowest BCUT2D eigenvalue weighted by Gasteiger charge is -2.32. The number of rotatable bonds is 10. The molecule has 3 N–H and O–H groups in total. The lowest BCUT2D eigenvalue weighted by atomic mass is 9.92. The molecule has 1 aliphatic rings. The number of hydrogen-bond acceptors (Lipinski definition) is 6. The number of primary amides is 1. The monoisotopic (exact) mass is 461 g/mol. The number of carbonyl (C=O) groups is 2. The molecule has 0 spiro atoms. The number of hydrogen-bond donors (Lipinski definition) is 2. The Morgan fingerprint density at radius 1 is 1.18 bits per heavy atom. The number of piperidine rings is 1. The van der Waals surface area contributed by atoms with Crippen molar-refractivity contribution in [3.8, 4) is 5.75 Å². The Morgan fingerprint density at radius 3 is 2.39 bits per heavy atom. The van der Waals surface area contributed by atoms with Crippen LogP contribution in [0.4, 0.5) is 14.7 Å². The minimum atomic E-state index is -1.06. The summed E-state index contributed by atoms with van der Waals surface area (Å²) in [4.78, 5) is 33.6. The van der Waals surface area contributed by atoms with Crippen LogP contribution in [0.5, 0.6) is 5.75 Å². The minimum absolute atomic E-state index is 0.0129. The molecule has 0 saturated carbocycles. The standard InChI is InChI=1S/C23H29F2N5O3/c1-2-15-12-28-23(29-13-15)30-7-5-16(6-8-30)4-3-9-33-17-10-18(24)21(19(25)11-17)22(32)27-14-20(26)31/h10-13,16H,2-9,14H2,1H3,(H2,26,31)(H,27,32). The number of carbonyl (C=O) groups excluding carboxylic acids is 2. The zero-order valence-electron chi connectivity index (χ0n) is 18.7. The second kappa shape index (κ2) is 11.5. The maximum Gasteiger partial charge on any atom is 0.257 e. The second-order valence-corrected chi connectivity index (χ2v) is 8.08. The molecule has 3 rings (SSSR count). The fourth-order valence-electron chi connectivity index (χ4n) is 3.78. The van der Waals surface area contributed by atoms with Gasteiger partial charge in [-0.05, 0) is 43.6 Å². The first-order valence-electron chi connectivity index (χ1n) is 11.1. The molecule has 0 aliphatic carbocycles. The molecule has 0 radical (unpaired) electrons. The number of nitrogens with one attached hydrogen (secondary N) is 1. The first-order valence-corrected chi connectivity index (χ1v) is 11.1. The lowest BCUT2D eigenvalue weighted by Crippen LogP contribution is -2.35. The molecule has 10 heteroatoms. The van der Waals surface area contributed by atoms with Gasteiger partial charge in [-0.25, -0.2) is 18.7 Å². The zero-order chi connectivity index (χ0) is 23.8. The molecule has 1 fully saturated rings. The molecule has 1 saturated heterocycles. The summed E-state index contributed by atoms with van der Waals surface area (Å²) in [5.74, 6) is -2.66. The van der Waals surface area contributed by atoms with Crippen molar-refractivity contribution in [2.45, 2.75) is 39.0 Å². The van der Waals surface area contributed by atoms with Gasteiger partial charge >= 0.3 is 0 Å². The van der Waals surface area contributed by atoms with Crippen LogP contribution in [0.25, 0.3) is 0 Å². The number of nitrogens with two attached hydrogens (primary N) is 1. The normalized spacial score (nSPS) is 14.2. The third-order valence-electron chi connectivity index (χ3n) is 5.69. The number of benzene rings is 1. The van der Waals surface area contributed by atoms with Gasteiger partial charge in [0.25, 0.3) is 5.91 Å². The van der Waals surface area contributed by atoms with Gasteiger partial charge in [0, 0.05) is 37.6 Å². The van der Waals surface area contributed by atoms with E-state index >= 15 is 0 Å². The van der Waals surface area contributed by atoms with E-state index in [4.69, 9.17) is 10.5 Å². The Morgan fingerprint density at radius 2 is 1.82 bits per heavy atom. The smallest absolute Gasteiger partial charge is 0.257 e. The van der Waals surface area contributed by atoms with E-state index in [-0.39, 0.29) is 5.75 Å². The fourth-order valence-corrected chi connectivity index (χ4v) is 3.78. The van der Waals surface area contributed by atoms with E-state index in [9.17, 15) is 18.4 Å². The van der Waals surface area contributed by atoms with Crippen molar-refractivity contribution in [1.29, 1.82) is 0 Å². The SMILES string of the molecule is CCc1cnc(N2CCC(CCCOc3cc(F)c(C(=O)NCC(N)=O)c(F)c3)CC2)nc1. The van der Waals surface area contributed by atoms with Crippen LogP contribution in [-0.2, 0) is 11.2 Å². The third-order valence-corrected chi connectivity index (χ3v) is 5.69. The van der Waals surface area contributed by atoms with Crippen molar-refractivity contribution in [1.82, 2.24) is 15.3 Å². The molecule has 2 heterocycles. The highest BCUT2D eigenvalue weighted by Crippen LogP contribution is 2.25. The van der Waals surface area contributed by atoms with Crippen LogP contribution < -0.4 is 20.7 Å². The molecule has 8 nitrogen and oxygen atoms in total. The number of halogens is 2. The summed E-state index contributed by atoms with van der Waals surface area (Å²) in [5.41, 5.74) is 5.26. The van der Waals surface area contributed by atoms with Crippen LogP contribution in [0.3, 0.4) is 0 Å². The summed E-state index contributed by atoms with van der Waals surface area (Å²) in [6.07, 6.45) is 8.40. The van der Waals surface area contributed by atoms with Gasteiger partial charge in [-0.15, -0.1) is 0 Å². The fraction of sp³-hybridized carbons (Fsp3) is 0.478. The molecular weight excluding hydrogens is 432 g/mol. The van der Waals surface area contributed by atoms with E-state index in [1.54, 1.807) is 0 Å². The van der Waals surface area contributed by atoms with E-state index in [1.165, 1.54) is 0 Å². The first-order chi connectivity index (χ1) is 15.9. The molecule has 2 amide bonds. The average molecular weight is 462 g/mol. The Bertz CT molecular complexity index is 940. The summed E-state index contributed by atoms with van der Waals surface area (Å²) >= 11 is 0. The Labute approximate surface area is 191 Å². The highest BCUT2D eigenvalue weighted by Gasteiger charge is 2.22. The van der Waals surface area contributed by atoms with Gasteiger partial charge in [0.1, 0.15) is 22.9 Å². The topological polar surface area (TPSA) is 110 Å². The zero-order valence-corrected chi connectivity index (χ0v) is 18.7. The van der Waals surface area contributed by atoms with Crippen molar-refractivity contribution in [2.24, 2.45) is 11.7 Å². The van der Waals surface area contributed by atoms with E-state index in [0.717, 1.165) is 68.8 Å². The van der Waals surface area contributed by atoms with E-state index < -0.39 is 35.6 Å². The highest BCUT2D eigenvalue weighted by atomic mass is 19.1. The summed E-state index contributed by atoms with van der Waals surface area (Å²) in [6.45, 7) is 3.67. The molecule has 0 bridgehead atoms. The van der Waals surface area contributed by atoms with Gasteiger partial charge in [-0.1, -0.05) is 6.92 Å². The minimum Gasteiger partial charge on any atom is -0.493 e. The van der Waals surface area contributed by atoms with Crippen molar-refractivity contribution in [3.63, 3.8) is 0 Å². The van der Waals surface area contributed by atoms with Crippen LogP contribution in [0, 0.1) is 17.6 Å². The van der Waals surface area contributed by atoms with Crippen molar-refractivity contribution < 1.29 is 23.1 Å². The Kier molecular flexibility index (Phi) is 8.51. The lowest BCUT2D eigenvalue weighted by molar-refractivity contribution is -0.117. The van der Waals surface area contributed by atoms with Gasteiger partial charge in [0.2, 0.25) is 11.9 Å². The number of amides is 2. The van der Waals surface area contributed by atoms with Gasteiger partial charge < -0.3 is 20.7 Å². The highest BCUT2D eigenvalue weighted by molar-refractivity contribution is 5.96. The molecular formula is C23H29F2N5O3. The number of aryl methyl sites for hydroxylation is 1. The van der Waals surface area contributed by atoms with Crippen molar-refractivity contribution in [2.75, 3.05) is 31.1 Å². The Hall–Kier alpha value is -3.30. The molecule has 2 aromatic rings. The number of anilines is 1. The summed E-state index contributed by atoms with van der Waals surface area (Å²) in [7, 11) is 0. The molecule has 1 aromatic heterocycles. The average Bonchev–Trinajstić information content (AvgIpc) is 2.80. The predicted octanol–water partition coefficient (Wildman–Crippen LogP) is 2.61. The van der Waals surface area contributed by atoms with E-state index in [2.05, 4.69) is 27.1 Å². The van der Waals surface area contributed by atoms with Crippen LogP contribution in [0.15, 0.2) is 24.5 Å². The number of nitrogens with zero attached hydrogens (tertiary/aromatic N) is 3. The van der Waals surface area contributed by atoms with Crippen LogP contribution in [-0.4, -0.2) is 48.0 Å². The molecule has 178 valence electrons. The molecule has 1 aromatic carbocycles. The molecule has 33 heavy (non-hydrogen) atoms. The quantitative estimate of drug-likeness (QED) is 0.527. The molecule has 0 unspecified atom stereocenters. The van der Waals surface area contributed by atoms with Crippen LogP contribution >= 0.6 is 0 Å². The summed E-state index contributed by atoms with van der Waals surface area (Å²) < 4.78 is 33.9. The van der Waals surface area contributed by atoms with Gasteiger partial charge in [-0.3, -0.25) is 9.59 Å². The van der Waals surface area contributed by atoms with E-state index in [0.29, 0.717) is 12.5 Å². The van der Waals surface area contributed by atoms with Gasteiger partial charge in [0.15, 0.2) is 0 Å². The van der Waals surface area contributed by atoms with Gasteiger partial charge in [0.05, 0.1) is 13.2 Å². The molecule has 1 aliphatic heterocycles. The number of ether oxygens (including phenoxy) is 1. The Balaban J connectivity index is 1.41. The molecule has 0 atom stereocenters. The maximum atomic E-state index is 14.2. The number of aromatic nitrogens is 2. The van der Waals surface area contributed by atoms with Crippen LogP contribution in [0.2, 0.25) is 0 Å².